The van der Waals surface area contributed by atoms with Crippen molar-refractivity contribution in [2.24, 2.45) is 0 Å². The second-order valence-corrected chi connectivity index (χ2v) is 4.31. The molecule has 0 heterocycles. The molecule has 6 heteroatoms. The van der Waals surface area contributed by atoms with Gasteiger partial charge in [-0.1, -0.05) is 18.2 Å². The van der Waals surface area contributed by atoms with E-state index in [0.29, 0.717) is 0 Å². The molecule has 0 saturated carbocycles. The average molecular weight is 263 g/mol. The molecule has 0 unspecified atom stereocenters. The minimum Gasteiger partial charge on any atom is -0.292 e. The predicted molar refractivity (Wildman–Crippen MR) is 70.0 cm³/mol. The van der Waals surface area contributed by atoms with Crippen LogP contribution < -0.4 is 0 Å². The molecule has 0 fully saturated rings. The maximum absolute atomic E-state index is 9.92. The standard InChI is InChI=1S/C9H15N.C2H6O4S/c1-4-7-10(8-5-2)9-6-3;1-5-7(3,4)6-2/h4-6H,1-3,7-9H2;1-2H3. The summed E-state index contributed by atoms with van der Waals surface area (Å²) in [5.41, 5.74) is 0. The summed E-state index contributed by atoms with van der Waals surface area (Å²) >= 11 is 0. The van der Waals surface area contributed by atoms with Gasteiger partial charge in [0, 0.05) is 19.6 Å². The number of hydrogen-bond acceptors (Lipinski definition) is 5. The fourth-order valence-electron chi connectivity index (χ4n) is 0.839. The topological polar surface area (TPSA) is 55.8 Å². The number of hydrogen-bond donors (Lipinski definition) is 0. The van der Waals surface area contributed by atoms with Crippen molar-refractivity contribution in [3.63, 3.8) is 0 Å². The molecule has 0 aliphatic heterocycles. The third-order valence-corrected chi connectivity index (χ3v) is 2.39. The van der Waals surface area contributed by atoms with Gasteiger partial charge in [-0.05, 0) is 0 Å². The predicted octanol–water partition coefficient (Wildman–Crippen LogP) is 1.37. The van der Waals surface area contributed by atoms with E-state index in [-0.39, 0.29) is 0 Å². The van der Waals surface area contributed by atoms with Gasteiger partial charge < -0.3 is 0 Å². The van der Waals surface area contributed by atoms with Gasteiger partial charge in [0.1, 0.15) is 0 Å². The Morgan fingerprint density at radius 3 is 1.35 bits per heavy atom. The Morgan fingerprint density at radius 1 is 0.941 bits per heavy atom. The zero-order chi connectivity index (χ0) is 13.7. The van der Waals surface area contributed by atoms with Crippen molar-refractivity contribution >= 4 is 10.4 Å². The Kier molecular flexibility index (Phi) is 12.5. The van der Waals surface area contributed by atoms with E-state index in [1.54, 1.807) is 0 Å². The molecule has 0 atom stereocenters. The molecule has 100 valence electrons. The van der Waals surface area contributed by atoms with Crippen molar-refractivity contribution in [1.82, 2.24) is 4.90 Å². The average Bonchev–Trinajstić information content (AvgIpc) is 2.31. The summed E-state index contributed by atoms with van der Waals surface area (Å²) in [4.78, 5) is 2.19. The fourth-order valence-corrected chi connectivity index (χ4v) is 0.975. The zero-order valence-corrected chi connectivity index (χ0v) is 11.3. The van der Waals surface area contributed by atoms with Gasteiger partial charge in [-0.15, -0.1) is 19.7 Å². The van der Waals surface area contributed by atoms with E-state index < -0.39 is 10.4 Å². The molecule has 0 aromatic carbocycles. The monoisotopic (exact) mass is 263 g/mol. The first-order chi connectivity index (χ1) is 7.97. The Labute approximate surface area is 104 Å². The summed E-state index contributed by atoms with van der Waals surface area (Å²) in [5, 5.41) is 0. The van der Waals surface area contributed by atoms with E-state index in [1.807, 2.05) is 18.2 Å². The van der Waals surface area contributed by atoms with Crippen molar-refractivity contribution in [3.8, 4) is 0 Å². The molecular weight excluding hydrogens is 242 g/mol. The van der Waals surface area contributed by atoms with E-state index in [1.165, 1.54) is 0 Å². The zero-order valence-electron chi connectivity index (χ0n) is 10.5. The van der Waals surface area contributed by atoms with Gasteiger partial charge in [0.25, 0.3) is 0 Å². The lowest BCUT2D eigenvalue weighted by atomic mass is 10.4. The van der Waals surface area contributed by atoms with Gasteiger partial charge in [0.05, 0.1) is 14.2 Å². The Bertz CT molecular complexity index is 278. The quantitative estimate of drug-likeness (QED) is 0.619. The van der Waals surface area contributed by atoms with E-state index in [9.17, 15) is 8.42 Å². The first-order valence-corrected chi connectivity index (χ1v) is 6.21. The molecule has 0 aliphatic carbocycles. The highest BCUT2D eigenvalue weighted by Crippen LogP contribution is 1.88. The van der Waals surface area contributed by atoms with Crippen molar-refractivity contribution in [1.29, 1.82) is 0 Å². The molecule has 0 amide bonds. The van der Waals surface area contributed by atoms with E-state index in [0.717, 1.165) is 33.9 Å². The maximum Gasteiger partial charge on any atom is 0.399 e. The van der Waals surface area contributed by atoms with Crippen LogP contribution in [-0.2, 0) is 18.8 Å². The first kappa shape index (κ1) is 18.4. The molecule has 0 aromatic heterocycles. The van der Waals surface area contributed by atoms with Gasteiger partial charge in [-0.2, -0.15) is 8.42 Å². The van der Waals surface area contributed by atoms with Crippen molar-refractivity contribution in [3.05, 3.63) is 38.0 Å². The molecule has 0 saturated heterocycles. The minimum atomic E-state index is -3.66. The van der Waals surface area contributed by atoms with Crippen LogP contribution in [0, 0.1) is 0 Å². The van der Waals surface area contributed by atoms with Crippen LogP contribution in [-0.4, -0.2) is 47.2 Å². The van der Waals surface area contributed by atoms with Crippen molar-refractivity contribution in [2.45, 2.75) is 0 Å². The summed E-state index contributed by atoms with van der Waals surface area (Å²) in [6.07, 6.45) is 5.65. The summed E-state index contributed by atoms with van der Waals surface area (Å²) in [6, 6.07) is 0. The fraction of sp³-hybridized carbons (Fsp3) is 0.455. The lowest BCUT2D eigenvalue weighted by Crippen LogP contribution is -2.23. The molecule has 0 rings (SSSR count). The maximum atomic E-state index is 9.92. The van der Waals surface area contributed by atoms with Crippen molar-refractivity contribution in [2.75, 3.05) is 33.9 Å². The second kappa shape index (κ2) is 11.5. The molecule has 0 aromatic rings. The van der Waals surface area contributed by atoms with Gasteiger partial charge in [0.2, 0.25) is 0 Å². The largest absolute Gasteiger partial charge is 0.399 e. The van der Waals surface area contributed by atoms with Crippen LogP contribution in [0.2, 0.25) is 0 Å². The third kappa shape index (κ3) is 13.0. The molecule has 0 radical (unpaired) electrons. The van der Waals surface area contributed by atoms with E-state index >= 15 is 0 Å². The Hall–Kier alpha value is -0.950. The van der Waals surface area contributed by atoms with Crippen LogP contribution in [0.25, 0.3) is 0 Å². The SMILES string of the molecule is C=CCN(CC=C)CC=C.COS(=O)(=O)OC. The highest BCUT2D eigenvalue weighted by atomic mass is 32.3. The highest BCUT2D eigenvalue weighted by Gasteiger charge is 2.01. The second-order valence-electron chi connectivity index (χ2n) is 2.83. The summed E-state index contributed by atoms with van der Waals surface area (Å²) in [6.45, 7) is 13.7. The van der Waals surface area contributed by atoms with Gasteiger partial charge in [-0.25, -0.2) is 0 Å². The van der Waals surface area contributed by atoms with Crippen LogP contribution in [0.1, 0.15) is 0 Å². The third-order valence-electron chi connectivity index (χ3n) is 1.57. The molecular formula is C11H21NO4S. The number of nitrogens with zero attached hydrogens (tertiary/aromatic N) is 1. The van der Waals surface area contributed by atoms with Crippen LogP contribution in [0.15, 0.2) is 38.0 Å². The van der Waals surface area contributed by atoms with Crippen LogP contribution >= 0.6 is 0 Å². The van der Waals surface area contributed by atoms with Crippen molar-refractivity contribution < 1.29 is 16.8 Å². The molecule has 0 aliphatic rings. The van der Waals surface area contributed by atoms with Crippen LogP contribution in [0.4, 0.5) is 0 Å². The highest BCUT2D eigenvalue weighted by molar-refractivity contribution is 7.81. The smallest absolute Gasteiger partial charge is 0.292 e. The molecule has 0 N–H and O–H groups in total. The Balaban J connectivity index is 0. The number of rotatable bonds is 8. The lowest BCUT2D eigenvalue weighted by molar-refractivity contribution is 0.286. The van der Waals surface area contributed by atoms with E-state index in [2.05, 4.69) is 33.0 Å². The van der Waals surface area contributed by atoms with Gasteiger partial charge in [0.15, 0.2) is 0 Å². The Morgan fingerprint density at radius 2 is 1.24 bits per heavy atom. The molecule has 0 bridgehead atoms. The summed E-state index contributed by atoms with van der Waals surface area (Å²) in [7, 11) is -1.60. The van der Waals surface area contributed by atoms with Crippen LogP contribution in [0.3, 0.4) is 0 Å². The normalized spacial score (nSPS) is 10.3. The molecule has 17 heavy (non-hydrogen) atoms. The molecule has 0 spiro atoms. The van der Waals surface area contributed by atoms with Gasteiger partial charge >= 0.3 is 10.4 Å². The first-order valence-electron chi connectivity index (χ1n) is 4.88. The van der Waals surface area contributed by atoms with Gasteiger partial charge in [-0.3, -0.25) is 13.3 Å². The summed E-state index contributed by atoms with van der Waals surface area (Å²) in [5.74, 6) is 0. The lowest BCUT2D eigenvalue weighted by Gasteiger charge is -2.15. The van der Waals surface area contributed by atoms with E-state index in [4.69, 9.17) is 0 Å². The molecule has 5 nitrogen and oxygen atoms in total. The van der Waals surface area contributed by atoms with Crippen LogP contribution in [0.5, 0.6) is 0 Å². The minimum absolute atomic E-state index is 0.901. The summed E-state index contributed by atoms with van der Waals surface area (Å²) < 4.78 is 27.5.